The summed E-state index contributed by atoms with van der Waals surface area (Å²) in [4.78, 5) is 23.7. The van der Waals surface area contributed by atoms with Crippen molar-refractivity contribution in [3.05, 3.63) is 0 Å². The molecule has 12 heteroatoms. The third-order valence-electron chi connectivity index (χ3n) is 7.26. The van der Waals surface area contributed by atoms with E-state index in [1.807, 2.05) is 18.7 Å². The van der Waals surface area contributed by atoms with E-state index >= 15 is 0 Å². The monoisotopic (exact) mass is 571 g/mol. The molecule has 3 fully saturated rings. The first-order chi connectivity index (χ1) is 18.3. The minimum absolute atomic E-state index is 0.0971. The fourth-order valence-corrected chi connectivity index (χ4v) is 5.51. The van der Waals surface area contributed by atoms with Crippen LogP contribution in [0.2, 0.25) is 0 Å². The van der Waals surface area contributed by atoms with Crippen molar-refractivity contribution in [2.24, 2.45) is 11.8 Å². The van der Waals surface area contributed by atoms with Gasteiger partial charge in [0.1, 0.15) is 6.61 Å². The van der Waals surface area contributed by atoms with Crippen LogP contribution in [0, 0.1) is 11.8 Å². The number of halogens is 3. The van der Waals surface area contributed by atoms with E-state index in [0.29, 0.717) is 19.3 Å². The number of rotatable bonds is 10. The first-order valence-electron chi connectivity index (χ1n) is 13.9. The minimum Gasteiger partial charge on any atom is -0.465 e. The van der Waals surface area contributed by atoms with Gasteiger partial charge in [-0.15, -0.1) is 0 Å². The van der Waals surface area contributed by atoms with Gasteiger partial charge < -0.3 is 29.2 Å². The van der Waals surface area contributed by atoms with Gasteiger partial charge in [0.25, 0.3) is 6.47 Å². The predicted molar refractivity (Wildman–Crippen MR) is 144 cm³/mol. The number of urea groups is 1. The van der Waals surface area contributed by atoms with E-state index in [9.17, 15) is 22.8 Å². The lowest BCUT2D eigenvalue weighted by molar-refractivity contribution is -0.133. The summed E-state index contributed by atoms with van der Waals surface area (Å²) in [6.07, 6.45) is 9.27. The summed E-state index contributed by atoms with van der Waals surface area (Å²) < 4.78 is 50.4. The van der Waals surface area contributed by atoms with E-state index in [2.05, 4.69) is 26.6 Å². The molecule has 0 bridgehead atoms. The number of hydrogen-bond acceptors (Lipinski definition) is 7. The van der Waals surface area contributed by atoms with Gasteiger partial charge in [-0.05, 0) is 76.7 Å². The van der Waals surface area contributed by atoms with Crippen molar-refractivity contribution in [1.29, 1.82) is 0 Å². The molecule has 2 aliphatic carbocycles. The second-order valence-electron chi connectivity index (χ2n) is 9.72. The Morgan fingerprint density at radius 1 is 1.05 bits per heavy atom. The highest BCUT2D eigenvalue weighted by Crippen LogP contribution is 2.36. The number of nitrogens with one attached hydrogen (secondary N) is 2. The van der Waals surface area contributed by atoms with Gasteiger partial charge in [0, 0.05) is 25.2 Å². The number of carbonyl (C=O) groups excluding carboxylic acids is 2. The molecule has 0 aromatic rings. The lowest BCUT2D eigenvalue weighted by Gasteiger charge is -2.35. The average molecular weight is 572 g/mol. The molecule has 0 spiro atoms. The second kappa shape index (κ2) is 19.8. The van der Waals surface area contributed by atoms with Gasteiger partial charge in [0.05, 0.1) is 32.4 Å². The standard InChI is InChI=1S/C19H35N3O2.C5H7F3O3S.C2H6/c1-20-17-6-2-15(3-7-17)14-16-4-8-18(9-5-16)21-19(23)22-10-12-24-13-11-22;1-10-12-5(7,8)4(6)2-11-3-9;1-2/h15-18,20H,2-14H2,1H3,(H,21,23);3-4H,2H2,1H3;1-2H3. The molecule has 2 saturated carbocycles. The molecular weight excluding hydrogens is 523 g/mol. The lowest BCUT2D eigenvalue weighted by atomic mass is 9.76. The smallest absolute Gasteiger partial charge is 0.351 e. The molecule has 0 aromatic heterocycles. The Labute approximate surface area is 230 Å². The molecule has 3 rings (SSSR count). The molecule has 224 valence electrons. The van der Waals surface area contributed by atoms with Gasteiger partial charge in [-0.3, -0.25) is 4.79 Å². The maximum Gasteiger partial charge on any atom is 0.351 e. The van der Waals surface area contributed by atoms with Crippen LogP contribution in [-0.4, -0.2) is 88.0 Å². The quantitative estimate of drug-likeness (QED) is 0.276. The molecule has 38 heavy (non-hydrogen) atoms. The Hall–Kier alpha value is -1.24. The number of ether oxygens (including phenoxy) is 2. The zero-order valence-electron chi connectivity index (χ0n) is 23.4. The maximum absolute atomic E-state index is 12.4. The number of morpholine rings is 1. The molecule has 1 atom stereocenters. The van der Waals surface area contributed by atoms with Crippen LogP contribution >= 0.6 is 12.0 Å². The summed E-state index contributed by atoms with van der Waals surface area (Å²) in [5.74, 6) is 1.83. The highest BCUT2D eigenvalue weighted by molar-refractivity contribution is 7.95. The second-order valence-corrected chi connectivity index (χ2v) is 10.8. The van der Waals surface area contributed by atoms with Crippen LogP contribution in [0.4, 0.5) is 18.0 Å². The van der Waals surface area contributed by atoms with E-state index in [1.54, 1.807) is 0 Å². The zero-order valence-corrected chi connectivity index (χ0v) is 24.2. The molecule has 0 radical (unpaired) electrons. The minimum atomic E-state index is -3.70. The lowest BCUT2D eigenvalue weighted by Crippen LogP contribution is -2.49. The number of nitrogens with zero attached hydrogens (tertiary/aromatic N) is 1. The number of carbonyl (C=O) groups is 2. The summed E-state index contributed by atoms with van der Waals surface area (Å²) in [6, 6.07) is 1.26. The highest BCUT2D eigenvalue weighted by atomic mass is 32.2. The van der Waals surface area contributed by atoms with E-state index in [0.717, 1.165) is 50.9 Å². The van der Waals surface area contributed by atoms with Crippen LogP contribution in [0.15, 0.2) is 0 Å². The first kappa shape index (κ1) is 34.8. The van der Waals surface area contributed by atoms with Crippen LogP contribution < -0.4 is 10.6 Å². The van der Waals surface area contributed by atoms with E-state index in [-0.39, 0.29) is 24.5 Å². The SMILES string of the molecule is CC.CNC1CCC(CC2CCC(NC(=O)N3CCOCC3)CC2)CC1.COSC(F)(F)C(F)COC=O. The van der Waals surface area contributed by atoms with Crippen LogP contribution in [-0.2, 0) is 18.5 Å². The van der Waals surface area contributed by atoms with Crippen molar-refractivity contribution in [1.82, 2.24) is 15.5 Å². The van der Waals surface area contributed by atoms with Crippen molar-refractivity contribution in [3.63, 3.8) is 0 Å². The Bertz CT molecular complexity index is 631. The predicted octanol–water partition coefficient (Wildman–Crippen LogP) is 5.17. The van der Waals surface area contributed by atoms with Gasteiger partial charge >= 0.3 is 11.3 Å². The highest BCUT2D eigenvalue weighted by Gasteiger charge is 2.42. The van der Waals surface area contributed by atoms with Crippen molar-refractivity contribution < 1.29 is 36.4 Å². The third kappa shape index (κ3) is 13.2. The molecule has 1 saturated heterocycles. The van der Waals surface area contributed by atoms with Crippen molar-refractivity contribution in [2.45, 2.75) is 95.1 Å². The maximum atomic E-state index is 12.4. The molecule has 2 N–H and O–H groups in total. The Balaban J connectivity index is 0.000000439. The third-order valence-corrected chi connectivity index (χ3v) is 7.91. The van der Waals surface area contributed by atoms with E-state index in [4.69, 9.17) is 4.74 Å². The Kier molecular flexibility index (Phi) is 18.1. The molecule has 1 heterocycles. The average Bonchev–Trinajstić information content (AvgIpc) is 2.95. The largest absolute Gasteiger partial charge is 0.465 e. The van der Waals surface area contributed by atoms with Crippen molar-refractivity contribution in [2.75, 3.05) is 47.1 Å². The fourth-order valence-electron chi connectivity index (χ4n) is 5.12. The normalized spacial score (nSPS) is 26.6. The number of hydrogen-bond donors (Lipinski definition) is 2. The molecular formula is C26H48F3N3O5S. The summed E-state index contributed by atoms with van der Waals surface area (Å²) >= 11 is -0.312. The van der Waals surface area contributed by atoms with Crippen LogP contribution in [0.1, 0.15) is 71.6 Å². The molecule has 3 aliphatic rings. The molecule has 8 nitrogen and oxygen atoms in total. The van der Waals surface area contributed by atoms with Crippen LogP contribution in [0.3, 0.4) is 0 Å². The summed E-state index contributed by atoms with van der Waals surface area (Å²) in [5, 5.41) is 2.98. The Morgan fingerprint density at radius 2 is 1.58 bits per heavy atom. The summed E-state index contributed by atoms with van der Waals surface area (Å²) in [6.45, 7) is 5.74. The van der Waals surface area contributed by atoms with Gasteiger partial charge in [-0.2, -0.15) is 8.78 Å². The summed E-state index contributed by atoms with van der Waals surface area (Å²) in [5.41, 5.74) is 0. The van der Waals surface area contributed by atoms with Gasteiger partial charge in [-0.25, -0.2) is 9.18 Å². The molecule has 1 aliphatic heterocycles. The molecule has 1 unspecified atom stereocenters. The Morgan fingerprint density at radius 3 is 2.05 bits per heavy atom. The van der Waals surface area contributed by atoms with Crippen LogP contribution in [0.5, 0.6) is 0 Å². The van der Waals surface area contributed by atoms with Crippen molar-refractivity contribution >= 4 is 24.5 Å². The van der Waals surface area contributed by atoms with E-state index in [1.165, 1.54) is 44.9 Å². The van der Waals surface area contributed by atoms with Gasteiger partial charge in [0.2, 0.25) is 6.17 Å². The van der Waals surface area contributed by atoms with Gasteiger partial charge in [-0.1, -0.05) is 13.8 Å². The first-order valence-corrected chi connectivity index (χ1v) is 14.6. The summed E-state index contributed by atoms with van der Waals surface area (Å²) in [7, 11) is 3.09. The van der Waals surface area contributed by atoms with E-state index < -0.39 is 18.0 Å². The molecule has 2 amide bonds. The molecule has 0 aromatic carbocycles. The number of alkyl halides is 3. The topological polar surface area (TPSA) is 89.1 Å². The zero-order chi connectivity index (χ0) is 28.4. The number of amides is 2. The van der Waals surface area contributed by atoms with Crippen LogP contribution in [0.25, 0.3) is 0 Å². The fraction of sp³-hybridized carbons (Fsp3) is 0.923. The van der Waals surface area contributed by atoms with Gasteiger partial charge in [0.15, 0.2) is 0 Å². The van der Waals surface area contributed by atoms with Crippen molar-refractivity contribution in [3.8, 4) is 0 Å².